The Bertz CT molecular complexity index is 750. The molecule has 0 aliphatic rings. The number of nitro benzene ring substituents is 1. The number of rotatable bonds is 4. The van der Waals surface area contributed by atoms with E-state index in [0.29, 0.717) is 11.3 Å². The zero-order valence-corrected chi connectivity index (χ0v) is 11.3. The van der Waals surface area contributed by atoms with Gasteiger partial charge in [0.05, 0.1) is 10.6 Å². The molecule has 9 nitrogen and oxygen atoms in total. The number of hydrazone groups is 1. The Labute approximate surface area is 118 Å². The summed E-state index contributed by atoms with van der Waals surface area (Å²) in [5.74, 6) is 0.117. The van der Waals surface area contributed by atoms with Gasteiger partial charge in [0.1, 0.15) is 5.69 Å². The Hall–Kier alpha value is -3.10. The molecule has 0 bridgehead atoms. The number of anilines is 1. The molecule has 108 valence electrons. The van der Waals surface area contributed by atoms with Crippen LogP contribution in [0.15, 0.2) is 34.2 Å². The molecule has 0 atom stereocenters. The maximum absolute atomic E-state index is 11.3. The van der Waals surface area contributed by atoms with Crippen LogP contribution in [0.4, 0.5) is 11.6 Å². The lowest BCUT2D eigenvalue weighted by Gasteiger charge is -2.02. The number of nitrogens with one attached hydrogen (secondary N) is 2. The van der Waals surface area contributed by atoms with Gasteiger partial charge in [0, 0.05) is 12.1 Å². The summed E-state index contributed by atoms with van der Waals surface area (Å²) in [6.07, 6.45) is 0. The molecule has 0 aliphatic heterocycles. The summed E-state index contributed by atoms with van der Waals surface area (Å²) in [5, 5.41) is 22.0. The minimum absolute atomic E-state index is 0.00763. The van der Waals surface area contributed by atoms with Gasteiger partial charge in [0.25, 0.3) is 11.2 Å². The van der Waals surface area contributed by atoms with Gasteiger partial charge in [-0.3, -0.25) is 19.9 Å². The molecule has 2 aromatic rings. The van der Waals surface area contributed by atoms with Crippen LogP contribution < -0.4 is 11.0 Å². The Kier molecular flexibility index (Phi) is 4.02. The van der Waals surface area contributed by atoms with E-state index in [4.69, 9.17) is 0 Å². The van der Waals surface area contributed by atoms with Gasteiger partial charge in [-0.1, -0.05) is 0 Å². The van der Waals surface area contributed by atoms with Crippen LogP contribution in [0.25, 0.3) is 0 Å². The molecular formula is C12H12N6O3. The summed E-state index contributed by atoms with van der Waals surface area (Å²) >= 11 is 0. The van der Waals surface area contributed by atoms with Crippen molar-refractivity contribution in [3.05, 3.63) is 56.0 Å². The molecule has 1 aromatic carbocycles. The monoisotopic (exact) mass is 288 g/mol. The number of hydrogen-bond donors (Lipinski definition) is 2. The molecule has 0 radical (unpaired) electrons. The van der Waals surface area contributed by atoms with E-state index in [1.807, 2.05) is 0 Å². The van der Waals surface area contributed by atoms with Gasteiger partial charge in [0.15, 0.2) is 0 Å². The summed E-state index contributed by atoms with van der Waals surface area (Å²) in [4.78, 5) is 23.9. The van der Waals surface area contributed by atoms with Crippen LogP contribution in [-0.4, -0.2) is 25.8 Å². The highest BCUT2D eigenvalue weighted by Crippen LogP contribution is 2.12. The van der Waals surface area contributed by atoms with E-state index in [1.165, 1.54) is 12.1 Å². The number of aromatic nitrogens is 3. The normalized spacial score (nSPS) is 11.2. The van der Waals surface area contributed by atoms with Gasteiger partial charge < -0.3 is 0 Å². The summed E-state index contributed by atoms with van der Waals surface area (Å²) in [6.45, 7) is 3.26. The fraction of sp³-hybridized carbons (Fsp3) is 0.167. The molecule has 0 amide bonds. The Morgan fingerprint density at radius 1 is 1.33 bits per heavy atom. The van der Waals surface area contributed by atoms with Crippen molar-refractivity contribution in [2.24, 2.45) is 5.10 Å². The van der Waals surface area contributed by atoms with Crippen molar-refractivity contribution < 1.29 is 4.92 Å². The predicted molar refractivity (Wildman–Crippen MR) is 76.3 cm³/mol. The smallest absolute Gasteiger partial charge is 0.274 e. The van der Waals surface area contributed by atoms with E-state index >= 15 is 0 Å². The Morgan fingerprint density at radius 2 is 2.00 bits per heavy atom. The van der Waals surface area contributed by atoms with Gasteiger partial charge in [-0.2, -0.15) is 5.10 Å². The third kappa shape index (κ3) is 3.47. The number of benzene rings is 1. The lowest BCUT2D eigenvalue weighted by Crippen LogP contribution is -2.16. The molecular weight excluding hydrogens is 276 g/mol. The highest BCUT2D eigenvalue weighted by atomic mass is 16.6. The molecule has 2 rings (SSSR count). The fourth-order valence-electron chi connectivity index (χ4n) is 1.47. The van der Waals surface area contributed by atoms with Crippen molar-refractivity contribution in [2.75, 3.05) is 5.43 Å². The first kappa shape index (κ1) is 14.3. The third-order valence-corrected chi connectivity index (χ3v) is 2.69. The number of H-pyrrole nitrogens is 1. The molecule has 21 heavy (non-hydrogen) atoms. The largest absolute Gasteiger partial charge is 0.288 e. The van der Waals surface area contributed by atoms with E-state index < -0.39 is 4.92 Å². The third-order valence-electron chi connectivity index (χ3n) is 2.69. The average Bonchev–Trinajstić information content (AvgIpc) is 2.48. The van der Waals surface area contributed by atoms with Crippen molar-refractivity contribution in [3.63, 3.8) is 0 Å². The first-order chi connectivity index (χ1) is 9.97. The van der Waals surface area contributed by atoms with Gasteiger partial charge in [-0.05, 0) is 31.5 Å². The number of nitrogens with zero attached hydrogens (tertiary/aromatic N) is 4. The predicted octanol–water partition coefficient (Wildman–Crippen LogP) is 1.22. The van der Waals surface area contributed by atoms with Crippen molar-refractivity contribution in [1.29, 1.82) is 0 Å². The number of hydrogen-bond acceptors (Lipinski definition) is 7. The summed E-state index contributed by atoms with van der Waals surface area (Å²) < 4.78 is 0. The minimum atomic E-state index is -0.471. The Balaban J connectivity index is 2.15. The first-order valence-electron chi connectivity index (χ1n) is 5.96. The van der Waals surface area contributed by atoms with E-state index in [2.05, 4.69) is 25.7 Å². The van der Waals surface area contributed by atoms with Gasteiger partial charge in [0.2, 0.25) is 5.95 Å². The minimum Gasteiger partial charge on any atom is -0.288 e. The molecule has 1 aromatic heterocycles. The van der Waals surface area contributed by atoms with E-state index in [-0.39, 0.29) is 22.9 Å². The number of nitro groups is 1. The second-order valence-electron chi connectivity index (χ2n) is 4.20. The SMILES string of the molecule is CC(=NNc1nnc(C)c(=O)[nH]1)c1ccc([N+](=O)[O-])cc1. The molecule has 1 heterocycles. The second kappa shape index (κ2) is 5.90. The molecule has 0 saturated heterocycles. The number of aryl methyl sites for hydroxylation is 1. The van der Waals surface area contributed by atoms with Crippen molar-refractivity contribution >= 4 is 17.3 Å². The van der Waals surface area contributed by atoms with Crippen LogP contribution in [0.1, 0.15) is 18.2 Å². The van der Waals surface area contributed by atoms with Crippen LogP contribution in [0.5, 0.6) is 0 Å². The number of non-ortho nitro benzene ring substituents is 1. The molecule has 0 fully saturated rings. The quantitative estimate of drug-likeness (QED) is 0.494. The topological polar surface area (TPSA) is 126 Å². The molecule has 0 spiro atoms. The summed E-state index contributed by atoms with van der Waals surface area (Å²) in [6, 6.07) is 5.95. The van der Waals surface area contributed by atoms with Crippen molar-refractivity contribution in [3.8, 4) is 0 Å². The average molecular weight is 288 g/mol. The highest BCUT2D eigenvalue weighted by molar-refractivity contribution is 5.99. The second-order valence-corrected chi connectivity index (χ2v) is 4.20. The molecule has 0 unspecified atom stereocenters. The van der Waals surface area contributed by atoms with Gasteiger partial charge >= 0.3 is 0 Å². The van der Waals surface area contributed by atoms with Crippen LogP contribution in [0.2, 0.25) is 0 Å². The molecule has 9 heteroatoms. The van der Waals surface area contributed by atoms with Crippen LogP contribution in [0.3, 0.4) is 0 Å². The van der Waals surface area contributed by atoms with Crippen molar-refractivity contribution in [1.82, 2.24) is 15.2 Å². The van der Waals surface area contributed by atoms with E-state index in [0.717, 1.165) is 0 Å². The summed E-state index contributed by atoms with van der Waals surface area (Å²) in [5.41, 5.74) is 3.77. The van der Waals surface area contributed by atoms with Crippen molar-refractivity contribution in [2.45, 2.75) is 13.8 Å². The standard InChI is InChI=1S/C12H12N6O3/c1-7(9-3-5-10(6-4-9)18(20)21)14-16-12-13-11(19)8(2)15-17-12/h3-6H,1-2H3,(H2,13,16,17,19). The first-order valence-corrected chi connectivity index (χ1v) is 5.96. The van der Waals surface area contributed by atoms with E-state index in [1.54, 1.807) is 26.0 Å². The van der Waals surface area contributed by atoms with Crippen LogP contribution in [0, 0.1) is 17.0 Å². The Morgan fingerprint density at radius 3 is 2.57 bits per heavy atom. The number of aromatic amines is 1. The van der Waals surface area contributed by atoms with Gasteiger partial charge in [-0.25, -0.2) is 5.43 Å². The molecule has 0 aliphatic carbocycles. The lowest BCUT2D eigenvalue weighted by atomic mass is 10.1. The lowest BCUT2D eigenvalue weighted by molar-refractivity contribution is -0.384. The highest BCUT2D eigenvalue weighted by Gasteiger charge is 2.05. The van der Waals surface area contributed by atoms with E-state index in [9.17, 15) is 14.9 Å². The molecule has 0 saturated carbocycles. The molecule has 2 N–H and O–H groups in total. The zero-order chi connectivity index (χ0) is 15.4. The fourth-order valence-corrected chi connectivity index (χ4v) is 1.47. The van der Waals surface area contributed by atoms with Crippen LogP contribution in [-0.2, 0) is 0 Å². The maximum atomic E-state index is 11.3. The van der Waals surface area contributed by atoms with Gasteiger partial charge in [-0.15, -0.1) is 10.2 Å². The van der Waals surface area contributed by atoms with Crippen LogP contribution >= 0.6 is 0 Å². The maximum Gasteiger partial charge on any atom is 0.274 e. The summed E-state index contributed by atoms with van der Waals surface area (Å²) in [7, 11) is 0. The zero-order valence-electron chi connectivity index (χ0n) is 11.3.